The minimum atomic E-state index is -0.281. The minimum Gasteiger partial charge on any atom is -0.450 e. The third-order valence-corrected chi connectivity index (χ3v) is 5.02. The van der Waals surface area contributed by atoms with E-state index in [2.05, 4.69) is 16.9 Å². The number of nitrogens with zero attached hydrogens (tertiary/aromatic N) is 5. The number of ether oxygens (including phenoxy) is 1. The standard InChI is InChI=1S/C18H27N5O3/c1-3-26-18(25)23-12-10-22(11-13-23)17-19-7-4-15(20-17)16(24)21-8-5-14(2)6-9-21/h4,7,14H,3,5-6,8-13H2,1-2H3. The molecule has 1 aromatic rings. The van der Waals surface area contributed by atoms with Gasteiger partial charge in [-0.15, -0.1) is 0 Å². The molecule has 8 heteroatoms. The first kappa shape index (κ1) is 18.4. The fraction of sp³-hybridized carbons (Fsp3) is 0.667. The highest BCUT2D eigenvalue weighted by Gasteiger charge is 2.26. The molecule has 2 fully saturated rings. The van der Waals surface area contributed by atoms with Crippen molar-refractivity contribution < 1.29 is 14.3 Å². The lowest BCUT2D eigenvalue weighted by Crippen LogP contribution is -2.49. The molecule has 3 heterocycles. The lowest BCUT2D eigenvalue weighted by molar-refractivity contribution is 0.0691. The Hall–Kier alpha value is -2.38. The number of piperazine rings is 1. The fourth-order valence-corrected chi connectivity index (χ4v) is 3.30. The van der Waals surface area contributed by atoms with Gasteiger partial charge in [-0.1, -0.05) is 6.92 Å². The van der Waals surface area contributed by atoms with Gasteiger partial charge >= 0.3 is 6.09 Å². The van der Waals surface area contributed by atoms with Crippen LogP contribution in [0.5, 0.6) is 0 Å². The Morgan fingerprint density at radius 2 is 1.81 bits per heavy atom. The van der Waals surface area contributed by atoms with Crippen LogP contribution in [-0.4, -0.2) is 77.6 Å². The van der Waals surface area contributed by atoms with E-state index in [4.69, 9.17) is 4.74 Å². The van der Waals surface area contributed by atoms with Crippen LogP contribution in [0.2, 0.25) is 0 Å². The summed E-state index contributed by atoms with van der Waals surface area (Å²) < 4.78 is 5.03. The molecule has 0 radical (unpaired) electrons. The molecule has 3 rings (SSSR count). The number of hydrogen-bond donors (Lipinski definition) is 0. The Labute approximate surface area is 154 Å². The predicted octanol–water partition coefficient (Wildman–Crippen LogP) is 1.63. The molecule has 0 atom stereocenters. The third kappa shape index (κ3) is 4.23. The molecule has 0 aliphatic carbocycles. The SMILES string of the molecule is CCOC(=O)N1CCN(c2nccc(C(=O)N3CCC(C)CC3)n2)CC1. The molecule has 0 bridgehead atoms. The zero-order valence-electron chi connectivity index (χ0n) is 15.6. The molecular formula is C18H27N5O3. The van der Waals surface area contributed by atoms with Crippen molar-refractivity contribution in [3.05, 3.63) is 18.0 Å². The highest BCUT2D eigenvalue weighted by molar-refractivity contribution is 5.92. The third-order valence-electron chi connectivity index (χ3n) is 5.02. The van der Waals surface area contributed by atoms with E-state index in [1.807, 2.05) is 9.80 Å². The number of rotatable bonds is 3. The number of amides is 2. The van der Waals surface area contributed by atoms with Gasteiger partial charge in [0.1, 0.15) is 5.69 Å². The summed E-state index contributed by atoms with van der Waals surface area (Å²) in [6, 6.07) is 1.68. The van der Waals surface area contributed by atoms with Crippen molar-refractivity contribution in [2.45, 2.75) is 26.7 Å². The van der Waals surface area contributed by atoms with Crippen molar-refractivity contribution in [3.63, 3.8) is 0 Å². The summed E-state index contributed by atoms with van der Waals surface area (Å²) in [5.41, 5.74) is 0.442. The maximum absolute atomic E-state index is 12.7. The van der Waals surface area contributed by atoms with Crippen molar-refractivity contribution in [3.8, 4) is 0 Å². The second-order valence-corrected chi connectivity index (χ2v) is 6.89. The first-order chi connectivity index (χ1) is 12.6. The molecule has 2 aliphatic rings. The number of piperidine rings is 1. The molecule has 26 heavy (non-hydrogen) atoms. The first-order valence-electron chi connectivity index (χ1n) is 9.37. The number of carbonyl (C=O) groups excluding carboxylic acids is 2. The zero-order chi connectivity index (χ0) is 18.5. The molecule has 0 N–H and O–H groups in total. The Balaban J connectivity index is 1.61. The van der Waals surface area contributed by atoms with Crippen molar-refractivity contribution >= 4 is 17.9 Å². The predicted molar refractivity (Wildman–Crippen MR) is 97.1 cm³/mol. The van der Waals surface area contributed by atoms with Crippen LogP contribution in [0.3, 0.4) is 0 Å². The van der Waals surface area contributed by atoms with Crippen LogP contribution >= 0.6 is 0 Å². The van der Waals surface area contributed by atoms with Crippen molar-refractivity contribution in [2.75, 3.05) is 50.8 Å². The van der Waals surface area contributed by atoms with E-state index in [1.54, 1.807) is 24.1 Å². The monoisotopic (exact) mass is 361 g/mol. The number of hydrogen-bond acceptors (Lipinski definition) is 6. The molecule has 0 spiro atoms. The summed E-state index contributed by atoms with van der Waals surface area (Å²) in [4.78, 5) is 38.9. The second-order valence-electron chi connectivity index (χ2n) is 6.89. The normalized spacial score (nSPS) is 18.8. The summed E-state index contributed by atoms with van der Waals surface area (Å²) in [5.74, 6) is 1.20. The van der Waals surface area contributed by atoms with Gasteiger partial charge in [0.2, 0.25) is 5.95 Å². The second kappa shape index (κ2) is 8.33. The van der Waals surface area contributed by atoms with Crippen LogP contribution in [-0.2, 0) is 4.74 Å². The highest BCUT2D eigenvalue weighted by atomic mass is 16.6. The molecule has 142 valence electrons. The van der Waals surface area contributed by atoms with E-state index in [9.17, 15) is 9.59 Å². The summed E-state index contributed by atoms with van der Waals surface area (Å²) >= 11 is 0. The number of aromatic nitrogens is 2. The molecule has 0 saturated carbocycles. The average Bonchev–Trinajstić information content (AvgIpc) is 2.68. The van der Waals surface area contributed by atoms with E-state index in [1.165, 1.54) is 0 Å². The Kier molecular flexibility index (Phi) is 5.90. The minimum absolute atomic E-state index is 0.0225. The van der Waals surface area contributed by atoms with E-state index in [0.717, 1.165) is 25.9 Å². The van der Waals surface area contributed by atoms with Crippen LogP contribution in [0, 0.1) is 5.92 Å². The molecule has 2 saturated heterocycles. The van der Waals surface area contributed by atoms with Gasteiger partial charge in [-0.3, -0.25) is 4.79 Å². The van der Waals surface area contributed by atoms with Gasteiger partial charge in [-0.25, -0.2) is 14.8 Å². The average molecular weight is 361 g/mol. The summed E-state index contributed by atoms with van der Waals surface area (Å²) in [7, 11) is 0. The van der Waals surface area contributed by atoms with Gasteiger partial charge in [0.25, 0.3) is 5.91 Å². The number of anilines is 1. The summed E-state index contributed by atoms with van der Waals surface area (Å²) in [6.07, 6.45) is 3.44. The summed E-state index contributed by atoms with van der Waals surface area (Å²) in [6.45, 7) is 8.34. The quantitative estimate of drug-likeness (QED) is 0.814. The number of likely N-dealkylation sites (tertiary alicyclic amines) is 1. The van der Waals surface area contributed by atoms with Crippen LogP contribution in [0.15, 0.2) is 12.3 Å². The van der Waals surface area contributed by atoms with E-state index < -0.39 is 0 Å². The largest absolute Gasteiger partial charge is 0.450 e. The van der Waals surface area contributed by atoms with E-state index in [0.29, 0.717) is 50.3 Å². The maximum atomic E-state index is 12.7. The molecule has 0 unspecified atom stereocenters. The maximum Gasteiger partial charge on any atom is 0.409 e. The van der Waals surface area contributed by atoms with Gasteiger partial charge in [-0.05, 0) is 31.7 Å². The van der Waals surface area contributed by atoms with Crippen LogP contribution < -0.4 is 4.90 Å². The number of carbonyl (C=O) groups is 2. The van der Waals surface area contributed by atoms with Crippen molar-refractivity contribution in [2.24, 2.45) is 5.92 Å². The fourth-order valence-electron chi connectivity index (χ4n) is 3.30. The molecule has 0 aromatic carbocycles. The topological polar surface area (TPSA) is 78.9 Å². The van der Waals surface area contributed by atoms with Gasteiger partial charge < -0.3 is 19.4 Å². The van der Waals surface area contributed by atoms with Gasteiger partial charge in [0.05, 0.1) is 6.61 Å². The smallest absolute Gasteiger partial charge is 0.409 e. The Morgan fingerprint density at radius 1 is 1.12 bits per heavy atom. The van der Waals surface area contributed by atoms with Gasteiger partial charge in [-0.2, -0.15) is 0 Å². The van der Waals surface area contributed by atoms with E-state index in [-0.39, 0.29) is 12.0 Å². The van der Waals surface area contributed by atoms with Crippen LogP contribution in [0.25, 0.3) is 0 Å². The van der Waals surface area contributed by atoms with Crippen LogP contribution in [0.4, 0.5) is 10.7 Å². The van der Waals surface area contributed by atoms with Crippen molar-refractivity contribution in [1.29, 1.82) is 0 Å². The Morgan fingerprint density at radius 3 is 2.46 bits per heavy atom. The first-order valence-corrected chi connectivity index (χ1v) is 9.37. The lowest BCUT2D eigenvalue weighted by Gasteiger charge is -2.34. The molecule has 8 nitrogen and oxygen atoms in total. The van der Waals surface area contributed by atoms with Gasteiger partial charge in [0, 0.05) is 45.5 Å². The van der Waals surface area contributed by atoms with Gasteiger partial charge in [0.15, 0.2) is 0 Å². The summed E-state index contributed by atoms with van der Waals surface area (Å²) in [5, 5.41) is 0. The van der Waals surface area contributed by atoms with Crippen LogP contribution in [0.1, 0.15) is 37.2 Å². The molecule has 2 amide bonds. The highest BCUT2D eigenvalue weighted by Crippen LogP contribution is 2.18. The Bertz CT molecular complexity index is 637. The van der Waals surface area contributed by atoms with Crippen molar-refractivity contribution in [1.82, 2.24) is 19.8 Å². The molecule has 1 aromatic heterocycles. The molecule has 2 aliphatic heterocycles. The zero-order valence-corrected chi connectivity index (χ0v) is 15.6. The molecular weight excluding hydrogens is 334 g/mol. The van der Waals surface area contributed by atoms with E-state index >= 15 is 0 Å². The lowest BCUT2D eigenvalue weighted by atomic mass is 9.99.